The first-order chi connectivity index (χ1) is 5.71. The van der Waals surface area contributed by atoms with Crippen LogP contribution in [0.2, 0.25) is 0 Å². The van der Waals surface area contributed by atoms with Crippen LogP contribution in [0.1, 0.15) is 51.9 Å². The molecule has 0 heterocycles. The summed E-state index contributed by atoms with van der Waals surface area (Å²) in [5, 5.41) is 10.3. The van der Waals surface area contributed by atoms with Gasteiger partial charge in [-0.1, -0.05) is 19.8 Å². The maximum Gasteiger partial charge on any atom is 0.0675 e. The molecule has 0 amide bonds. The second-order valence-corrected chi connectivity index (χ2v) is 4.91. The van der Waals surface area contributed by atoms with E-state index in [-0.39, 0.29) is 5.60 Å². The minimum atomic E-state index is -0.245. The summed E-state index contributed by atoms with van der Waals surface area (Å²) in [7, 11) is 0. The summed E-state index contributed by atoms with van der Waals surface area (Å²) in [6, 6.07) is 0. The molecule has 0 bridgehead atoms. The van der Waals surface area contributed by atoms with Crippen molar-refractivity contribution in [3.05, 3.63) is 0 Å². The maximum absolute atomic E-state index is 10.3. The van der Waals surface area contributed by atoms with Crippen LogP contribution in [0.15, 0.2) is 0 Å². The molecule has 1 nitrogen and oxygen atoms in total. The lowest BCUT2D eigenvalue weighted by atomic mass is 9.89. The zero-order valence-electron chi connectivity index (χ0n) is 8.05. The number of hydrogen-bond acceptors (Lipinski definition) is 1. The van der Waals surface area contributed by atoms with Gasteiger partial charge >= 0.3 is 0 Å². The van der Waals surface area contributed by atoms with E-state index < -0.39 is 0 Å². The molecule has 2 atom stereocenters. The summed E-state index contributed by atoms with van der Waals surface area (Å²) in [5.74, 6) is 1.51. The summed E-state index contributed by atoms with van der Waals surface area (Å²) < 4.78 is 0. The molecule has 0 aliphatic heterocycles. The molecule has 2 fully saturated rings. The Morgan fingerprint density at radius 1 is 1.08 bits per heavy atom. The van der Waals surface area contributed by atoms with Gasteiger partial charge in [-0.3, -0.25) is 0 Å². The minimum Gasteiger partial charge on any atom is -0.390 e. The monoisotopic (exact) mass is 168 g/mol. The second kappa shape index (κ2) is 3.02. The SMILES string of the molecule is CC1CCCC(O)(C2CC2)CC1. The average Bonchev–Trinajstić information content (AvgIpc) is 2.80. The fraction of sp³-hybridized carbons (Fsp3) is 1.00. The molecular formula is C11H20O. The highest BCUT2D eigenvalue weighted by atomic mass is 16.3. The predicted molar refractivity (Wildman–Crippen MR) is 49.9 cm³/mol. The van der Waals surface area contributed by atoms with Gasteiger partial charge in [0.25, 0.3) is 0 Å². The predicted octanol–water partition coefficient (Wildman–Crippen LogP) is 2.73. The second-order valence-electron chi connectivity index (χ2n) is 4.91. The van der Waals surface area contributed by atoms with Crippen molar-refractivity contribution >= 4 is 0 Å². The highest BCUT2D eigenvalue weighted by molar-refractivity contribution is 4.95. The summed E-state index contributed by atoms with van der Waals surface area (Å²) in [4.78, 5) is 0. The van der Waals surface area contributed by atoms with Crippen LogP contribution in [0.4, 0.5) is 0 Å². The molecule has 0 saturated heterocycles. The first-order valence-electron chi connectivity index (χ1n) is 5.43. The lowest BCUT2D eigenvalue weighted by Crippen LogP contribution is -2.30. The van der Waals surface area contributed by atoms with Crippen LogP contribution in [0.5, 0.6) is 0 Å². The Bertz CT molecular complexity index is 162. The van der Waals surface area contributed by atoms with E-state index in [1.807, 2.05) is 0 Å². The molecule has 0 aromatic carbocycles. The third kappa shape index (κ3) is 1.66. The van der Waals surface area contributed by atoms with Crippen LogP contribution < -0.4 is 0 Å². The first-order valence-corrected chi connectivity index (χ1v) is 5.43. The van der Waals surface area contributed by atoms with Gasteiger partial charge in [0, 0.05) is 0 Å². The van der Waals surface area contributed by atoms with E-state index in [9.17, 15) is 5.11 Å². The Morgan fingerprint density at radius 3 is 2.50 bits per heavy atom. The van der Waals surface area contributed by atoms with Gasteiger partial charge in [0.1, 0.15) is 0 Å². The molecule has 2 aliphatic carbocycles. The molecule has 2 unspecified atom stereocenters. The van der Waals surface area contributed by atoms with Crippen LogP contribution in [0.25, 0.3) is 0 Å². The van der Waals surface area contributed by atoms with Crippen molar-refractivity contribution < 1.29 is 5.11 Å². The Balaban J connectivity index is 1.96. The molecule has 2 aliphatic rings. The van der Waals surface area contributed by atoms with Gasteiger partial charge in [-0.25, -0.2) is 0 Å². The number of hydrogen-bond donors (Lipinski definition) is 1. The van der Waals surface area contributed by atoms with Gasteiger partial charge < -0.3 is 5.11 Å². The van der Waals surface area contributed by atoms with E-state index >= 15 is 0 Å². The molecule has 0 spiro atoms. The lowest BCUT2D eigenvalue weighted by molar-refractivity contribution is 0.00199. The fourth-order valence-electron chi connectivity index (χ4n) is 2.55. The normalized spacial score (nSPS) is 44.0. The first kappa shape index (κ1) is 8.55. The number of rotatable bonds is 1. The molecule has 0 radical (unpaired) electrons. The van der Waals surface area contributed by atoms with Crippen molar-refractivity contribution in [3.63, 3.8) is 0 Å². The fourth-order valence-corrected chi connectivity index (χ4v) is 2.55. The van der Waals surface area contributed by atoms with Crippen molar-refractivity contribution in [1.82, 2.24) is 0 Å². The van der Waals surface area contributed by atoms with Crippen molar-refractivity contribution in [1.29, 1.82) is 0 Å². The van der Waals surface area contributed by atoms with Crippen LogP contribution in [-0.4, -0.2) is 10.7 Å². The molecule has 2 saturated carbocycles. The largest absolute Gasteiger partial charge is 0.390 e. The topological polar surface area (TPSA) is 20.2 Å². The standard InChI is InChI=1S/C11H20O/c1-9-3-2-7-11(12,8-6-9)10-4-5-10/h9-10,12H,2-8H2,1H3. The molecule has 2 rings (SSSR count). The van der Waals surface area contributed by atoms with E-state index in [1.54, 1.807) is 0 Å². The van der Waals surface area contributed by atoms with E-state index in [0.29, 0.717) is 5.92 Å². The van der Waals surface area contributed by atoms with Crippen LogP contribution >= 0.6 is 0 Å². The third-order valence-corrected chi connectivity index (χ3v) is 3.71. The zero-order chi connectivity index (χ0) is 8.60. The maximum atomic E-state index is 10.3. The number of aliphatic hydroxyl groups is 1. The van der Waals surface area contributed by atoms with Gasteiger partial charge in [0.15, 0.2) is 0 Å². The summed E-state index contributed by atoms with van der Waals surface area (Å²) in [5.41, 5.74) is -0.245. The van der Waals surface area contributed by atoms with Crippen molar-refractivity contribution in [3.8, 4) is 0 Å². The highest BCUT2D eigenvalue weighted by Crippen LogP contribution is 2.46. The Kier molecular flexibility index (Phi) is 2.16. The van der Waals surface area contributed by atoms with Crippen LogP contribution in [-0.2, 0) is 0 Å². The smallest absolute Gasteiger partial charge is 0.0675 e. The van der Waals surface area contributed by atoms with Crippen molar-refractivity contribution in [2.45, 2.75) is 57.5 Å². The lowest BCUT2D eigenvalue weighted by Gasteiger charge is -2.26. The Morgan fingerprint density at radius 2 is 1.83 bits per heavy atom. The molecular weight excluding hydrogens is 148 g/mol. The highest BCUT2D eigenvalue weighted by Gasteiger charge is 2.43. The summed E-state index contributed by atoms with van der Waals surface area (Å²) in [6.07, 6.45) is 8.52. The Labute approximate surface area is 75.2 Å². The van der Waals surface area contributed by atoms with Gasteiger partial charge in [-0.05, 0) is 43.9 Å². The molecule has 1 heteroatoms. The molecule has 12 heavy (non-hydrogen) atoms. The zero-order valence-corrected chi connectivity index (χ0v) is 8.05. The van der Waals surface area contributed by atoms with Crippen molar-refractivity contribution in [2.24, 2.45) is 11.8 Å². The quantitative estimate of drug-likeness (QED) is 0.597. The van der Waals surface area contributed by atoms with E-state index in [4.69, 9.17) is 0 Å². The van der Waals surface area contributed by atoms with E-state index in [1.165, 1.54) is 32.1 Å². The van der Waals surface area contributed by atoms with Gasteiger partial charge in [0.2, 0.25) is 0 Å². The summed E-state index contributed by atoms with van der Waals surface area (Å²) in [6.45, 7) is 2.32. The average molecular weight is 168 g/mol. The summed E-state index contributed by atoms with van der Waals surface area (Å²) >= 11 is 0. The van der Waals surface area contributed by atoms with E-state index in [0.717, 1.165) is 18.8 Å². The van der Waals surface area contributed by atoms with Gasteiger partial charge in [-0.15, -0.1) is 0 Å². The van der Waals surface area contributed by atoms with E-state index in [2.05, 4.69) is 6.92 Å². The Hall–Kier alpha value is -0.0400. The molecule has 0 aromatic heterocycles. The molecule has 1 N–H and O–H groups in total. The van der Waals surface area contributed by atoms with Crippen LogP contribution in [0, 0.1) is 11.8 Å². The minimum absolute atomic E-state index is 0.245. The van der Waals surface area contributed by atoms with Crippen LogP contribution in [0.3, 0.4) is 0 Å². The van der Waals surface area contributed by atoms with Gasteiger partial charge in [-0.2, -0.15) is 0 Å². The van der Waals surface area contributed by atoms with Crippen molar-refractivity contribution in [2.75, 3.05) is 0 Å². The third-order valence-electron chi connectivity index (χ3n) is 3.71. The molecule has 0 aromatic rings. The van der Waals surface area contributed by atoms with Gasteiger partial charge in [0.05, 0.1) is 5.60 Å². The molecule has 70 valence electrons.